The normalized spacial score (nSPS) is 34.9. The molecule has 4 nitrogen and oxygen atoms in total. The third kappa shape index (κ3) is 1.58. The highest BCUT2D eigenvalue weighted by molar-refractivity contribution is 5.28. The van der Waals surface area contributed by atoms with Gasteiger partial charge in [-0.1, -0.05) is 0 Å². The second-order valence-corrected chi connectivity index (χ2v) is 5.52. The fourth-order valence-electron chi connectivity index (χ4n) is 3.43. The molecule has 3 aliphatic rings. The highest BCUT2D eigenvalue weighted by Crippen LogP contribution is 2.35. The zero-order chi connectivity index (χ0) is 11.2. The van der Waals surface area contributed by atoms with Crippen molar-refractivity contribution in [3.63, 3.8) is 0 Å². The highest BCUT2D eigenvalue weighted by atomic mass is 15.0. The summed E-state index contributed by atoms with van der Waals surface area (Å²) in [6, 6.07) is 1.19. The second-order valence-electron chi connectivity index (χ2n) is 5.52. The molecule has 0 radical (unpaired) electrons. The van der Waals surface area contributed by atoms with Gasteiger partial charge in [-0.05, 0) is 25.8 Å². The molecular formula is C13H18N4. The van der Waals surface area contributed by atoms with Crippen LogP contribution in [0.1, 0.15) is 48.3 Å². The maximum Gasteiger partial charge on any atom is 0.132 e. The Kier molecular flexibility index (Phi) is 2.20. The zero-order valence-corrected chi connectivity index (χ0v) is 9.95. The summed E-state index contributed by atoms with van der Waals surface area (Å²) in [5.74, 6) is 1.60. The van der Waals surface area contributed by atoms with E-state index in [-0.39, 0.29) is 0 Å². The van der Waals surface area contributed by atoms with Gasteiger partial charge >= 0.3 is 0 Å². The Morgan fingerprint density at radius 3 is 3.12 bits per heavy atom. The van der Waals surface area contributed by atoms with Crippen LogP contribution in [0.3, 0.4) is 0 Å². The standard InChI is InChI=1S/C13H18N4/c1-2-11-10-7-15-13(8-3-4-14-6-8)17-12(10)5-9(1)16-11/h7-9,11,14,16H,1-6H2. The van der Waals surface area contributed by atoms with Crippen LogP contribution in [0.4, 0.5) is 0 Å². The van der Waals surface area contributed by atoms with Gasteiger partial charge in [0.25, 0.3) is 0 Å². The van der Waals surface area contributed by atoms with Crippen molar-refractivity contribution in [2.75, 3.05) is 13.1 Å². The van der Waals surface area contributed by atoms with E-state index in [4.69, 9.17) is 4.98 Å². The van der Waals surface area contributed by atoms with Crippen molar-refractivity contribution < 1.29 is 0 Å². The van der Waals surface area contributed by atoms with Gasteiger partial charge < -0.3 is 10.6 Å². The summed E-state index contributed by atoms with van der Waals surface area (Å²) in [7, 11) is 0. The van der Waals surface area contributed by atoms with E-state index in [0.717, 1.165) is 25.3 Å². The Morgan fingerprint density at radius 1 is 1.24 bits per heavy atom. The van der Waals surface area contributed by atoms with Gasteiger partial charge in [-0.3, -0.25) is 0 Å². The van der Waals surface area contributed by atoms with Crippen molar-refractivity contribution >= 4 is 0 Å². The minimum Gasteiger partial charge on any atom is -0.316 e. The fraction of sp³-hybridized carbons (Fsp3) is 0.692. The highest BCUT2D eigenvalue weighted by Gasteiger charge is 2.33. The van der Waals surface area contributed by atoms with Crippen LogP contribution in [0.5, 0.6) is 0 Å². The van der Waals surface area contributed by atoms with Gasteiger partial charge in [-0.15, -0.1) is 0 Å². The molecule has 2 N–H and O–H groups in total. The van der Waals surface area contributed by atoms with Crippen LogP contribution in [0, 0.1) is 0 Å². The molecule has 2 fully saturated rings. The monoisotopic (exact) mass is 230 g/mol. The fourth-order valence-corrected chi connectivity index (χ4v) is 3.43. The van der Waals surface area contributed by atoms with Crippen LogP contribution in [-0.2, 0) is 6.42 Å². The average molecular weight is 230 g/mol. The lowest BCUT2D eigenvalue weighted by Gasteiger charge is -2.24. The summed E-state index contributed by atoms with van der Waals surface area (Å²) in [5, 5.41) is 7.03. The van der Waals surface area contributed by atoms with Crippen LogP contribution in [0.25, 0.3) is 0 Å². The summed E-state index contributed by atoms with van der Waals surface area (Å²) in [4.78, 5) is 9.44. The maximum atomic E-state index is 4.85. The smallest absolute Gasteiger partial charge is 0.132 e. The van der Waals surface area contributed by atoms with E-state index in [1.165, 1.54) is 30.5 Å². The number of hydrogen-bond acceptors (Lipinski definition) is 4. The predicted molar refractivity (Wildman–Crippen MR) is 64.9 cm³/mol. The zero-order valence-electron chi connectivity index (χ0n) is 9.95. The van der Waals surface area contributed by atoms with E-state index in [1.54, 1.807) is 0 Å². The van der Waals surface area contributed by atoms with Gasteiger partial charge in [0.2, 0.25) is 0 Å². The first-order valence-corrected chi connectivity index (χ1v) is 6.72. The SMILES string of the molecule is c1nc(C2CCNC2)nc2c1C1CCC(C2)N1. The minimum absolute atomic E-state index is 0.527. The summed E-state index contributed by atoms with van der Waals surface area (Å²) >= 11 is 0. The van der Waals surface area contributed by atoms with E-state index >= 15 is 0 Å². The largest absolute Gasteiger partial charge is 0.316 e. The molecule has 0 aliphatic carbocycles. The summed E-state index contributed by atoms with van der Waals surface area (Å²) in [6.07, 6.45) is 6.91. The molecule has 0 spiro atoms. The molecule has 1 aromatic rings. The van der Waals surface area contributed by atoms with Gasteiger partial charge in [-0.2, -0.15) is 0 Å². The van der Waals surface area contributed by atoms with Crippen LogP contribution in [0.2, 0.25) is 0 Å². The first kappa shape index (κ1) is 9.97. The third-order valence-corrected chi connectivity index (χ3v) is 4.40. The van der Waals surface area contributed by atoms with Crippen LogP contribution in [-0.4, -0.2) is 29.1 Å². The molecule has 3 aliphatic heterocycles. The van der Waals surface area contributed by atoms with Crippen LogP contribution in [0.15, 0.2) is 6.20 Å². The van der Waals surface area contributed by atoms with Gasteiger partial charge in [0.05, 0.1) is 5.69 Å². The Bertz CT molecular complexity index is 439. The summed E-state index contributed by atoms with van der Waals surface area (Å²) < 4.78 is 0. The predicted octanol–water partition coefficient (Wildman–Crippen LogP) is 0.903. The molecule has 1 aromatic heterocycles. The van der Waals surface area contributed by atoms with Gasteiger partial charge in [0, 0.05) is 42.7 Å². The molecule has 0 aromatic carbocycles. The number of aromatic nitrogens is 2. The number of nitrogens with one attached hydrogen (secondary N) is 2. The van der Waals surface area contributed by atoms with Crippen molar-refractivity contribution in [2.24, 2.45) is 0 Å². The topological polar surface area (TPSA) is 49.8 Å². The van der Waals surface area contributed by atoms with Gasteiger partial charge in [0.15, 0.2) is 0 Å². The molecule has 4 heterocycles. The molecular weight excluding hydrogens is 212 g/mol. The lowest BCUT2D eigenvalue weighted by molar-refractivity contribution is 0.499. The Labute approximate surface area is 101 Å². The molecule has 2 bridgehead atoms. The molecule has 3 unspecified atom stereocenters. The van der Waals surface area contributed by atoms with E-state index in [9.17, 15) is 0 Å². The maximum absolute atomic E-state index is 4.85. The quantitative estimate of drug-likeness (QED) is 0.752. The average Bonchev–Trinajstić information content (AvgIpc) is 2.99. The first-order valence-electron chi connectivity index (χ1n) is 6.72. The van der Waals surface area contributed by atoms with Gasteiger partial charge in [-0.25, -0.2) is 9.97 Å². The van der Waals surface area contributed by atoms with Crippen molar-refractivity contribution in [1.29, 1.82) is 0 Å². The summed E-state index contributed by atoms with van der Waals surface area (Å²) in [5.41, 5.74) is 2.67. The van der Waals surface area contributed by atoms with Crippen molar-refractivity contribution in [2.45, 2.75) is 43.7 Å². The molecule has 4 heteroatoms. The van der Waals surface area contributed by atoms with Crippen LogP contribution < -0.4 is 10.6 Å². The van der Waals surface area contributed by atoms with Crippen molar-refractivity contribution in [1.82, 2.24) is 20.6 Å². The Hall–Kier alpha value is -1.00. The van der Waals surface area contributed by atoms with E-state index in [0.29, 0.717) is 18.0 Å². The molecule has 17 heavy (non-hydrogen) atoms. The summed E-state index contributed by atoms with van der Waals surface area (Å²) in [6.45, 7) is 2.15. The van der Waals surface area contributed by atoms with Crippen molar-refractivity contribution in [3.05, 3.63) is 23.3 Å². The molecule has 2 saturated heterocycles. The van der Waals surface area contributed by atoms with E-state index in [1.807, 2.05) is 0 Å². The van der Waals surface area contributed by atoms with Crippen molar-refractivity contribution in [3.8, 4) is 0 Å². The Balaban J connectivity index is 1.70. The van der Waals surface area contributed by atoms with Gasteiger partial charge in [0.1, 0.15) is 5.82 Å². The minimum atomic E-state index is 0.527. The second kappa shape index (κ2) is 3.75. The number of hydrogen-bond donors (Lipinski definition) is 2. The number of nitrogens with zero attached hydrogens (tertiary/aromatic N) is 2. The lowest BCUT2D eigenvalue weighted by Crippen LogP contribution is -2.33. The van der Waals surface area contributed by atoms with E-state index < -0.39 is 0 Å². The molecule has 0 saturated carbocycles. The molecule has 3 atom stereocenters. The lowest BCUT2D eigenvalue weighted by atomic mass is 10.0. The molecule has 4 rings (SSSR count). The van der Waals surface area contributed by atoms with Crippen LogP contribution >= 0.6 is 0 Å². The molecule has 90 valence electrons. The Morgan fingerprint density at radius 2 is 2.24 bits per heavy atom. The third-order valence-electron chi connectivity index (χ3n) is 4.40. The number of rotatable bonds is 1. The number of fused-ring (bicyclic) bond motifs is 4. The first-order chi connectivity index (χ1) is 8.40. The van der Waals surface area contributed by atoms with E-state index in [2.05, 4.69) is 21.8 Å². The molecule has 0 amide bonds.